The molecule has 0 atom stereocenters. The SMILES string of the molecule is CSC1=NNC(=O)/C(=C\C=C(/C)CCC=C(C)C)S1. The minimum Gasteiger partial charge on any atom is -0.267 e. The molecule has 0 aromatic rings. The van der Waals surface area contributed by atoms with E-state index in [-0.39, 0.29) is 5.91 Å². The molecule has 0 spiro atoms. The molecule has 1 heterocycles. The van der Waals surface area contributed by atoms with Crippen molar-refractivity contribution >= 4 is 33.8 Å². The number of hydrogen-bond donors (Lipinski definition) is 1. The van der Waals surface area contributed by atoms with Crippen LogP contribution >= 0.6 is 23.5 Å². The van der Waals surface area contributed by atoms with Gasteiger partial charge in [0.05, 0.1) is 4.91 Å². The highest BCUT2D eigenvalue weighted by Gasteiger charge is 2.17. The molecule has 1 amide bonds. The van der Waals surface area contributed by atoms with Crippen molar-refractivity contribution in [1.82, 2.24) is 5.43 Å². The Hall–Kier alpha value is -0.940. The van der Waals surface area contributed by atoms with Gasteiger partial charge in [0.1, 0.15) is 0 Å². The molecule has 0 fully saturated rings. The van der Waals surface area contributed by atoms with Crippen LogP contribution in [0.15, 0.2) is 39.4 Å². The summed E-state index contributed by atoms with van der Waals surface area (Å²) in [4.78, 5) is 12.3. The maximum Gasteiger partial charge on any atom is 0.278 e. The van der Waals surface area contributed by atoms with Gasteiger partial charge in [-0.2, -0.15) is 5.10 Å². The van der Waals surface area contributed by atoms with E-state index in [1.807, 2.05) is 18.4 Å². The Morgan fingerprint density at radius 2 is 2.16 bits per heavy atom. The van der Waals surface area contributed by atoms with Crippen LogP contribution < -0.4 is 5.43 Å². The number of nitrogens with zero attached hydrogens (tertiary/aromatic N) is 1. The quantitative estimate of drug-likeness (QED) is 0.628. The number of carbonyl (C=O) groups excluding carboxylic acids is 1. The number of amides is 1. The summed E-state index contributed by atoms with van der Waals surface area (Å²) in [5, 5.41) is 3.95. The lowest BCUT2D eigenvalue weighted by Crippen LogP contribution is -2.23. The summed E-state index contributed by atoms with van der Waals surface area (Å²) in [7, 11) is 0. The number of thioether (sulfide) groups is 2. The van der Waals surface area contributed by atoms with Gasteiger partial charge >= 0.3 is 0 Å². The second-order valence-electron chi connectivity index (χ2n) is 4.49. The third-order valence-corrected chi connectivity index (χ3v) is 4.45. The fraction of sp³-hybridized carbons (Fsp3) is 0.429. The van der Waals surface area contributed by atoms with Crippen LogP contribution in [0.1, 0.15) is 33.6 Å². The van der Waals surface area contributed by atoms with Crippen molar-refractivity contribution in [2.24, 2.45) is 5.10 Å². The average Bonchev–Trinajstić information content (AvgIpc) is 2.37. The largest absolute Gasteiger partial charge is 0.278 e. The van der Waals surface area contributed by atoms with Crippen LogP contribution in [0.25, 0.3) is 0 Å². The zero-order chi connectivity index (χ0) is 14.3. The van der Waals surface area contributed by atoms with Crippen LogP contribution in [0.3, 0.4) is 0 Å². The first-order chi connectivity index (χ1) is 9.02. The smallest absolute Gasteiger partial charge is 0.267 e. The third-order valence-electron chi connectivity index (χ3n) is 2.45. The Balaban J connectivity index is 2.61. The summed E-state index contributed by atoms with van der Waals surface area (Å²) < 4.78 is 0.862. The fourth-order valence-corrected chi connectivity index (χ4v) is 2.69. The summed E-state index contributed by atoms with van der Waals surface area (Å²) in [5.74, 6) is -0.129. The molecule has 0 aromatic heterocycles. The molecule has 1 rings (SSSR count). The molecule has 0 bridgehead atoms. The topological polar surface area (TPSA) is 41.5 Å². The molecule has 0 aliphatic carbocycles. The minimum atomic E-state index is -0.129. The van der Waals surface area contributed by atoms with E-state index in [1.54, 1.807) is 0 Å². The Morgan fingerprint density at radius 1 is 1.42 bits per heavy atom. The lowest BCUT2D eigenvalue weighted by atomic mass is 10.1. The van der Waals surface area contributed by atoms with Crippen molar-refractivity contribution in [1.29, 1.82) is 0 Å². The summed E-state index contributed by atoms with van der Waals surface area (Å²) in [6.07, 6.45) is 10.1. The van der Waals surface area contributed by atoms with E-state index in [0.29, 0.717) is 4.91 Å². The van der Waals surface area contributed by atoms with E-state index in [4.69, 9.17) is 0 Å². The van der Waals surface area contributed by atoms with Crippen molar-refractivity contribution in [3.63, 3.8) is 0 Å². The first-order valence-electron chi connectivity index (χ1n) is 6.13. The molecule has 19 heavy (non-hydrogen) atoms. The van der Waals surface area contributed by atoms with Crippen molar-refractivity contribution in [2.75, 3.05) is 6.26 Å². The number of nitrogens with one attached hydrogen (secondary N) is 1. The van der Waals surface area contributed by atoms with Gasteiger partial charge in [0, 0.05) is 0 Å². The number of rotatable bonds is 4. The normalized spacial score (nSPS) is 18.1. The summed E-state index contributed by atoms with van der Waals surface area (Å²) in [6, 6.07) is 0. The molecule has 1 aliphatic rings. The maximum atomic E-state index is 11.6. The Morgan fingerprint density at radius 3 is 2.79 bits per heavy atom. The predicted octanol–water partition coefficient (Wildman–Crippen LogP) is 4.06. The maximum absolute atomic E-state index is 11.6. The monoisotopic (exact) mass is 296 g/mol. The lowest BCUT2D eigenvalue weighted by Gasteiger charge is -2.11. The van der Waals surface area contributed by atoms with Crippen LogP contribution in [0.2, 0.25) is 0 Å². The van der Waals surface area contributed by atoms with Gasteiger partial charge in [-0.3, -0.25) is 4.79 Å². The van der Waals surface area contributed by atoms with Gasteiger partial charge in [-0.25, -0.2) is 5.43 Å². The number of carbonyl (C=O) groups is 1. The highest BCUT2D eigenvalue weighted by Crippen LogP contribution is 2.26. The summed E-state index contributed by atoms with van der Waals surface area (Å²) in [5.41, 5.74) is 5.13. The molecule has 0 unspecified atom stereocenters. The highest BCUT2D eigenvalue weighted by molar-refractivity contribution is 8.40. The molecule has 0 saturated carbocycles. The van der Waals surface area contributed by atoms with Gasteiger partial charge in [0.15, 0.2) is 4.38 Å². The zero-order valence-electron chi connectivity index (χ0n) is 11.8. The van der Waals surface area contributed by atoms with Gasteiger partial charge in [0.2, 0.25) is 0 Å². The number of allylic oxidation sites excluding steroid dienone is 5. The van der Waals surface area contributed by atoms with E-state index in [9.17, 15) is 4.79 Å². The standard InChI is InChI=1S/C14H20N2OS2/c1-10(2)6-5-7-11(3)8-9-12-13(17)15-16-14(18-4)19-12/h6,8-9H,5,7H2,1-4H3,(H,15,17)/b11-8+,12-9+. The van der Waals surface area contributed by atoms with Crippen molar-refractivity contribution in [2.45, 2.75) is 33.6 Å². The molecular formula is C14H20N2OS2. The first kappa shape index (κ1) is 16.1. The van der Waals surface area contributed by atoms with Crippen LogP contribution in [-0.4, -0.2) is 16.5 Å². The van der Waals surface area contributed by atoms with Gasteiger partial charge in [-0.1, -0.05) is 35.1 Å². The number of hydrogen-bond acceptors (Lipinski definition) is 4. The summed E-state index contributed by atoms with van der Waals surface area (Å²) >= 11 is 2.95. The molecule has 104 valence electrons. The van der Waals surface area contributed by atoms with Crippen LogP contribution in [0.5, 0.6) is 0 Å². The molecule has 3 nitrogen and oxygen atoms in total. The van der Waals surface area contributed by atoms with Crippen molar-refractivity contribution in [3.05, 3.63) is 34.3 Å². The van der Waals surface area contributed by atoms with Gasteiger partial charge in [0.25, 0.3) is 5.91 Å². The molecule has 0 aromatic carbocycles. The van der Waals surface area contributed by atoms with E-state index >= 15 is 0 Å². The molecule has 1 N–H and O–H groups in total. The van der Waals surface area contributed by atoms with E-state index in [0.717, 1.165) is 17.2 Å². The molecular weight excluding hydrogens is 276 g/mol. The molecule has 1 aliphatic heterocycles. The third kappa shape index (κ3) is 6.16. The van der Waals surface area contributed by atoms with Crippen molar-refractivity contribution < 1.29 is 4.79 Å². The Kier molecular flexibility index (Phi) is 7.02. The van der Waals surface area contributed by atoms with E-state index in [2.05, 4.69) is 37.4 Å². The summed E-state index contributed by atoms with van der Waals surface area (Å²) in [6.45, 7) is 6.30. The molecule has 0 radical (unpaired) electrons. The van der Waals surface area contributed by atoms with E-state index < -0.39 is 0 Å². The Bertz CT molecular complexity index is 458. The van der Waals surface area contributed by atoms with Crippen LogP contribution in [-0.2, 0) is 4.79 Å². The lowest BCUT2D eigenvalue weighted by molar-refractivity contribution is -0.116. The number of hydrazone groups is 1. The van der Waals surface area contributed by atoms with E-state index in [1.165, 1.54) is 34.7 Å². The first-order valence-corrected chi connectivity index (χ1v) is 8.17. The molecule has 0 saturated heterocycles. The minimum absolute atomic E-state index is 0.129. The zero-order valence-corrected chi connectivity index (χ0v) is 13.5. The average molecular weight is 296 g/mol. The fourth-order valence-electron chi connectivity index (χ4n) is 1.40. The van der Waals surface area contributed by atoms with Gasteiger partial charge < -0.3 is 0 Å². The second kappa shape index (κ2) is 8.27. The van der Waals surface area contributed by atoms with Gasteiger partial charge in [-0.15, -0.1) is 11.8 Å². The van der Waals surface area contributed by atoms with Crippen molar-refractivity contribution in [3.8, 4) is 0 Å². The van der Waals surface area contributed by atoms with Crippen LogP contribution in [0.4, 0.5) is 0 Å². The van der Waals surface area contributed by atoms with Gasteiger partial charge in [-0.05, 0) is 45.9 Å². The highest BCUT2D eigenvalue weighted by atomic mass is 32.2. The second-order valence-corrected chi connectivity index (χ2v) is 6.57. The van der Waals surface area contributed by atoms with Crippen LogP contribution in [0, 0.1) is 0 Å². The molecule has 5 heteroatoms. The Labute approximate surface area is 123 Å². The predicted molar refractivity (Wildman–Crippen MR) is 87.2 cm³/mol.